The first-order valence-corrected chi connectivity index (χ1v) is 8.22. The van der Waals surface area contributed by atoms with Crippen LogP contribution in [0.3, 0.4) is 0 Å². The van der Waals surface area contributed by atoms with Gasteiger partial charge in [0.15, 0.2) is 0 Å². The van der Waals surface area contributed by atoms with Gasteiger partial charge in [-0.05, 0) is 25.3 Å². The molecular weight excluding hydrogens is 314 g/mol. The minimum atomic E-state index is -0.213. The number of carbonyl (C=O) groups is 1. The minimum Gasteiger partial charge on any atom is -0.346 e. The molecule has 1 aliphatic carbocycles. The van der Waals surface area contributed by atoms with Crippen molar-refractivity contribution in [2.24, 2.45) is 0 Å². The van der Waals surface area contributed by atoms with Crippen molar-refractivity contribution in [1.29, 1.82) is 0 Å². The summed E-state index contributed by atoms with van der Waals surface area (Å²) >= 11 is 1.24. The molecule has 0 bridgehead atoms. The third kappa shape index (κ3) is 2.44. The summed E-state index contributed by atoms with van der Waals surface area (Å²) in [4.78, 5) is 36.3. The molecule has 118 valence electrons. The van der Waals surface area contributed by atoms with Crippen molar-refractivity contribution in [2.45, 2.75) is 32.4 Å². The van der Waals surface area contributed by atoms with Gasteiger partial charge in [-0.25, -0.2) is 9.97 Å². The fraction of sp³-hybridized carbons (Fsp3) is 0.333. The van der Waals surface area contributed by atoms with Crippen LogP contribution in [0.5, 0.6) is 0 Å². The Morgan fingerprint density at radius 3 is 3.09 bits per heavy atom. The number of imidazole rings is 1. The molecule has 0 spiro atoms. The maximum atomic E-state index is 12.5. The predicted molar refractivity (Wildman–Crippen MR) is 86.6 cm³/mol. The van der Waals surface area contributed by atoms with Crippen LogP contribution in [0.4, 0.5) is 0 Å². The van der Waals surface area contributed by atoms with Crippen molar-refractivity contribution < 1.29 is 4.79 Å². The van der Waals surface area contributed by atoms with Gasteiger partial charge in [0, 0.05) is 12.2 Å². The molecule has 3 heterocycles. The molecule has 0 unspecified atom stereocenters. The Kier molecular flexibility index (Phi) is 3.26. The summed E-state index contributed by atoms with van der Waals surface area (Å²) in [5, 5.41) is 3.41. The van der Waals surface area contributed by atoms with Crippen LogP contribution in [-0.4, -0.2) is 25.4 Å². The predicted octanol–water partition coefficient (Wildman–Crippen LogP) is 1.75. The Labute approximate surface area is 135 Å². The summed E-state index contributed by atoms with van der Waals surface area (Å²) in [6.45, 7) is 2.20. The highest BCUT2D eigenvalue weighted by Gasteiger charge is 2.25. The normalized spacial score (nSPS) is 14.3. The number of thiophene rings is 1. The standard InChI is InChI=1S/C15H15N5O2S/c1-8-11-13(21)18-6-19-15(11)23-12(8)14(22)17-5-10-4-16-7-20(10)9-2-3-9/h4,6-7,9H,2-3,5H2,1H3,(H,17,22)(H,18,19,21). The first kappa shape index (κ1) is 14.1. The summed E-state index contributed by atoms with van der Waals surface area (Å²) in [7, 11) is 0. The molecule has 0 aliphatic heterocycles. The number of aromatic nitrogens is 4. The van der Waals surface area contributed by atoms with Crippen LogP contribution in [0.15, 0.2) is 23.6 Å². The number of rotatable bonds is 4. The van der Waals surface area contributed by atoms with Gasteiger partial charge >= 0.3 is 0 Å². The number of H-pyrrole nitrogens is 1. The fourth-order valence-corrected chi connectivity index (χ4v) is 3.76. The van der Waals surface area contributed by atoms with Gasteiger partial charge in [0.25, 0.3) is 11.5 Å². The highest BCUT2D eigenvalue weighted by Crippen LogP contribution is 2.35. The molecule has 0 saturated heterocycles. The lowest BCUT2D eigenvalue weighted by Crippen LogP contribution is -2.24. The van der Waals surface area contributed by atoms with E-state index >= 15 is 0 Å². The minimum absolute atomic E-state index is 0.187. The quantitative estimate of drug-likeness (QED) is 0.763. The van der Waals surface area contributed by atoms with Crippen LogP contribution in [0.1, 0.15) is 39.8 Å². The van der Waals surface area contributed by atoms with E-state index in [0.29, 0.717) is 33.2 Å². The van der Waals surface area contributed by atoms with E-state index in [-0.39, 0.29) is 11.5 Å². The SMILES string of the molecule is Cc1c(C(=O)NCc2cncn2C2CC2)sc2nc[nH]c(=O)c12. The number of aromatic amines is 1. The average Bonchev–Trinajstić information content (AvgIpc) is 3.17. The summed E-state index contributed by atoms with van der Waals surface area (Å²) in [6.07, 6.45) is 7.29. The van der Waals surface area contributed by atoms with Crippen LogP contribution in [0.2, 0.25) is 0 Å². The lowest BCUT2D eigenvalue weighted by molar-refractivity contribution is 0.0953. The first-order valence-electron chi connectivity index (χ1n) is 7.41. The van der Waals surface area contributed by atoms with Gasteiger partial charge in [0.1, 0.15) is 4.83 Å². The molecule has 23 heavy (non-hydrogen) atoms. The average molecular weight is 329 g/mol. The van der Waals surface area contributed by atoms with Crippen molar-refractivity contribution in [1.82, 2.24) is 24.8 Å². The number of hydrogen-bond acceptors (Lipinski definition) is 5. The summed E-state index contributed by atoms with van der Waals surface area (Å²) in [6, 6.07) is 0.526. The number of aryl methyl sites for hydroxylation is 1. The number of hydrogen-bond donors (Lipinski definition) is 2. The molecule has 3 aromatic heterocycles. The molecule has 7 nitrogen and oxygen atoms in total. The van der Waals surface area contributed by atoms with E-state index in [2.05, 4.69) is 24.8 Å². The van der Waals surface area contributed by atoms with Gasteiger partial charge in [-0.3, -0.25) is 9.59 Å². The Morgan fingerprint density at radius 1 is 1.52 bits per heavy atom. The molecule has 1 amide bonds. The van der Waals surface area contributed by atoms with Gasteiger partial charge in [-0.1, -0.05) is 0 Å². The van der Waals surface area contributed by atoms with Crippen molar-refractivity contribution in [3.05, 3.63) is 45.3 Å². The summed E-state index contributed by atoms with van der Waals surface area (Å²) in [5.74, 6) is -0.187. The van der Waals surface area contributed by atoms with Crippen molar-refractivity contribution in [3.8, 4) is 0 Å². The number of carbonyl (C=O) groups excluding carboxylic acids is 1. The second-order valence-corrected chi connectivity index (χ2v) is 6.67. The monoisotopic (exact) mass is 329 g/mol. The Morgan fingerprint density at radius 2 is 2.35 bits per heavy atom. The van der Waals surface area contributed by atoms with Crippen LogP contribution in [0, 0.1) is 6.92 Å². The molecule has 1 fully saturated rings. The van der Waals surface area contributed by atoms with Crippen LogP contribution in [-0.2, 0) is 6.54 Å². The second-order valence-electron chi connectivity index (χ2n) is 5.67. The summed E-state index contributed by atoms with van der Waals surface area (Å²) < 4.78 is 2.12. The molecule has 8 heteroatoms. The van der Waals surface area contributed by atoms with Crippen LogP contribution >= 0.6 is 11.3 Å². The van der Waals surface area contributed by atoms with E-state index in [1.54, 1.807) is 13.1 Å². The molecule has 0 atom stereocenters. The Hall–Kier alpha value is -2.48. The summed E-state index contributed by atoms with van der Waals surface area (Å²) in [5.41, 5.74) is 1.46. The molecule has 1 aliphatic rings. The van der Waals surface area contributed by atoms with E-state index in [4.69, 9.17) is 0 Å². The van der Waals surface area contributed by atoms with Crippen molar-refractivity contribution >= 4 is 27.5 Å². The first-order chi connectivity index (χ1) is 11.1. The van der Waals surface area contributed by atoms with Crippen molar-refractivity contribution in [3.63, 3.8) is 0 Å². The van der Waals surface area contributed by atoms with Gasteiger partial charge in [-0.2, -0.15) is 0 Å². The van der Waals surface area contributed by atoms with Gasteiger partial charge < -0.3 is 14.9 Å². The number of nitrogens with zero attached hydrogens (tertiary/aromatic N) is 3. The maximum absolute atomic E-state index is 12.5. The lowest BCUT2D eigenvalue weighted by Gasteiger charge is -2.07. The topological polar surface area (TPSA) is 92.7 Å². The van der Waals surface area contributed by atoms with E-state index in [0.717, 1.165) is 5.69 Å². The third-order valence-electron chi connectivity index (χ3n) is 4.06. The zero-order chi connectivity index (χ0) is 16.0. The van der Waals surface area contributed by atoms with Crippen molar-refractivity contribution in [2.75, 3.05) is 0 Å². The third-order valence-corrected chi connectivity index (χ3v) is 5.25. The zero-order valence-electron chi connectivity index (χ0n) is 12.5. The Balaban J connectivity index is 1.57. The molecule has 0 radical (unpaired) electrons. The number of amides is 1. The van der Waals surface area contributed by atoms with E-state index < -0.39 is 0 Å². The number of nitrogens with one attached hydrogen (secondary N) is 2. The fourth-order valence-electron chi connectivity index (χ4n) is 2.70. The Bertz CT molecular complexity index is 950. The maximum Gasteiger partial charge on any atom is 0.262 e. The van der Waals surface area contributed by atoms with Crippen LogP contribution in [0.25, 0.3) is 10.2 Å². The van der Waals surface area contributed by atoms with Gasteiger partial charge in [-0.15, -0.1) is 11.3 Å². The molecule has 4 rings (SSSR count). The molecule has 1 saturated carbocycles. The van der Waals surface area contributed by atoms with Gasteiger partial charge in [0.05, 0.1) is 35.2 Å². The highest BCUT2D eigenvalue weighted by atomic mass is 32.1. The molecule has 0 aromatic carbocycles. The van der Waals surface area contributed by atoms with Gasteiger partial charge in [0.2, 0.25) is 0 Å². The largest absolute Gasteiger partial charge is 0.346 e. The van der Waals surface area contributed by atoms with E-state index in [1.807, 2.05) is 6.33 Å². The lowest BCUT2D eigenvalue weighted by atomic mass is 10.2. The highest BCUT2D eigenvalue weighted by molar-refractivity contribution is 7.20. The smallest absolute Gasteiger partial charge is 0.262 e. The second kappa shape index (κ2) is 5.31. The zero-order valence-corrected chi connectivity index (χ0v) is 13.3. The van der Waals surface area contributed by atoms with Crippen LogP contribution < -0.4 is 10.9 Å². The van der Waals surface area contributed by atoms with E-state index in [9.17, 15) is 9.59 Å². The number of fused-ring (bicyclic) bond motifs is 1. The molecule has 2 N–H and O–H groups in total. The van der Waals surface area contributed by atoms with E-state index in [1.165, 1.54) is 30.5 Å². The molecule has 3 aromatic rings. The molecular formula is C15H15N5O2S.